The van der Waals surface area contributed by atoms with Gasteiger partial charge in [-0.1, -0.05) is 42.5 Å². The van der Waals surface area contributed by atoms with Crippen LogP contribution in [0.15, 0.2) is 72.8 Å². The maximum absolute atomic E-state index is 13.0. The Balaban J connectivity index is 1.68. The van der Waals surface area contributed by atoms with Crippen LogP contribution in [0.5, 0.6) is 5.75 Å². The van der Waals surface area contributed by atoms with Crippen LogP contribution in [0.3, 0.4) is 0 Å². The fraction of sp³-hybridized carbons (Fsp3) is 0.192. The highest BCUT2D eigenvalue weighted by atomic mass is 16.5. The molecule has 3 rings (SSSR count). The van der Waals surface area contributed by atoms with E-state index in [2.05, 4.69) is 10.6 Å². The van der Waals surface area contributed by atoms with E-state index in [1.54, 1.807) is 54.6 Å². The lowest BCUT2D eigenvalue weighted by molar-refractivity contribution is -0.153. The second-order valence-electron chi connectivity index (χ2n) is 7.50. The van der Waals surface area contributed by atoms with E-state index in [-0.39, 0.29) is 6.54 Å². The predicted molar refractivity (Wildman–Crippen MR) is 125 cm³/mol. The van der Waals surface area contributed by atoms with Crippen LogP contribution in [-0.4, -0.2) is 31.4 Å². The Kier molecular flexibility index (Phi) is 7.81. The smallest absolute Gasteiger partial charge is 0.326 e. The van der Waals surface area contributed by atoms with Crippen molar-refractivity contribution in [3.05, 3.63) is 95.1 Å². The summed E-state index contributed by atoms with van der Waals surface area (Å²) < 4.78 is 10.5. The molecule has 33 heavy (non-hydrogen) atoms. The average molecular weight is 447 g/mol. The Hall–Kier alpha value is -4.13. The van der Waals surface area contributed by atoms with Crippen LogP contribution in [0, 0.1) is 13.8 Å². The zero-order valence-electron chi connectivity index (χ0n) is 18.8. The summed E-state index contributed by atoms with van der Waals surface area (Å²) in [4.78, 5) is 37.9. The van der Waals surface area contributed by atoms with E-state index in [9.17, 15) is 14.4 Å². The van der Waals surface area contributed by atoms with E-state index in [0.29, 0.717) is 22.6 Å². The molecule has 170 valence electrons. The summed E-state index contributed by atoms with van der Waals surface area (Å²) in [5.41, 5.74) is 3.42. The molecule has 0 bridgehead atoms. The third-order valence-corrected chi connectivity index (χ3v) is 4.99. The summed E-state index contributed by atoms with van der Waals surface area (Å²) in [6.45, 7) is 3.42. The normalized spacial score (nSPS) is 11.2. The number of methoxy groups -OCH3 is 1. The largest absolute Gasteiger partial charge is 0.497 e. The average Bonchev–Trinajstić information content (AvgIpc) is 2.83. The lowest BCUT2D eigenvalue weighted by Crippen LogP contribution is -2.33. The van der Waals surface area contributed by atoms with Crippen LogP contribution in [-0.2, 0) is 14.3 Å². The van der Waals surface area contributed by atoms with Crippen molar-refractivity contribution in [3.63, 3.8) is 0 Å². The summed E-state index contributed by atoms with van der Waals surface area (Å²) in [5.74, 6) is -1.04. The Labute approximate surface area is 192 Å². The van der Waals surface area contributed by atoms with Crippen LogP contribution >= 0.6 is 0 Å². The maximum atomic E-state index is 13.0. The number of benzene rings is 3. The highest BCUT2D eigenvalue weighted by molar-refractivity contribution is 5.98. The number of hydrogen-bond donors (Lipinski definition) is 2. The molecule has 7 nitrogen and oxygen atoms in total. The van der Waals surface area contributed by atoms with Crippen LogP contribution in [0.4, 0.5) is 5.69 Å². The van der Waals surface area contributed by atoms with Crippen molar-refractivity contribution in [3.8, 4) is 5.75 Å². The molecule has 3 aromatic rings. The van der Waals surface area contributed by atoms with Crippen molar-refractivity contribution < 1.29 is 23.9 Å². The van der Waals surface area contributed by atoms with Crippen molar-refractivity contribution in [2.75, 3.05) is 19.0 Å². The Bertz CT molecular complexity index is 1130. The Morgan fingerprint density at radius 3 is 2.27 bits per heavy atom. The Morgan fingerprint density at radius 2 is 1.61 bits per heavy atom. The van der Waals surface area contributed by atoms with E-state index < -0.39 is 23.9 Å². The third-order valence-electron chi connectivity index (χ3n) is 4.99. The molecule has 3 aromatic carbocycles. The molecule has 0 fully saturated rings. The van der Waals surface area contributed by atoms with E-state index in [1.807, 2.05) is 32.0 Å². The summed E-state index contributed by atoms with van der Waals surface area (Å²) in [6, 6.07) is 20.9. The van der Waals surface area contributed by atoms with Gasteiger partial charge >= 0.3 is 5.97 Å². The first-order valence-corrected chi connectivity index (χ1v) is 10.4. The van der Waals surface area contributed by atoms with Crippen LogP contribution in [0.2, 0.25) is 0 Å². The topological polar surface area (TPSA) is 93.7 Å². The summed E-state index contributed by atoms with van der Waals surface area (Å²) >= 11 is 0. The number of amides is 2. The molecule has 2 N–H and O–H groups in total. The molecule has 2 amide bonds. The standard InChI is InChI=1S/C26H26N2O5/c1-17-9-10-18(2)22(15-17)28-26(31)24(19-7-5-4-6-8-19)33-23(29)16-27-25(30)20-11-13-21(32-3)14-12-20/h4-15,24H,16H2,1-3H3,(H,27,30)(H,28,31). The minimum absolute atomic E-state index is 0.371. The number of ether oxygens (including phenoxy) is 2. The number of anilines is 1. The molecular weight excluding hydrogens is 420 g/mol. The fourth-order valence-electron chi connectivity index (χ4n) is 3.14. The SMILES string of the molecule is COc1ccc(C(=O)NCC(=O)OC(C(=O)Nc2cc(C)ccc2C)c2ccccc2)cc1. The molecular formula is C26H26N2O5. The fourth-order valence-corrected chi connectivity index (χ4v) is 3.14. The van der Waals surface area contributed by atoms with Gasteiger partial charge in [0.05, 0.1) is 7.11 Å². The van der Waals surface area contributed by atoms with E-state index in [0.717, 1.165) is 11.1 Å². The first-order valence-electron chi connectivity index (χ1n) is 10.4. The van der Waals surface area contributed by atoms with Crippen molar-refractivity contribution in [1.29, 1.82) is 0 Å². The molecule has 0 aliphatic carbocycles. The number of nitrogens with one attached hydrogen (secondary N) is 2. The number of aryl methyl sites for hydroxylation is 2. The lowest BCUT2D eigenvalue weighted by Gasteiger charge is -2.19. The third kappa shape index (κ3) is 6.43. The number of esters is 1. The molecule has 1 unspecified atom stereocenters. The van der Waals surface area contributed by atoms with Gasteiger partial charge in [-0.25, -0.2) is 0 Å². The number of carbonyl (C=O) groups is 3. The second kappa shape index (κ2) is 10.9. The van der Waals surface area contributed by atoms with Gasteiger partial charge in [-0.15, -0.1) is 0 Å². The van der Waals surface area contributed by atoms with Gasteiger partial charge in [0.25, 0.3) is 11.8 Å². The number of hydrogen-bond acceptors (Lipinski definition) is 5. The summed E-state index contributed by atoms with van der Waals surface area (Å²) in [5, 5.41) is 5.35. The molecule has 0 saturated heterocycles. The molecule has 0 saturated carbocycles. The van der Waals surface area contributed by atoms with Gasteiger partial charge in [0.2, 0.25) is 6.10 Å². The van der Waals surface area contributed by atoms with Crippen LogP contribution in [0.25, 0.3) is 0 Å². The maximum Gasteiger partial charge on any atom is 0.326 e. The minimum atomic E-state index is -1.17. The molecule has 0 heterocycles. The monoisotopic (exact) mass is 446 g/mol. The van der Waals surface area contributed by atoms with Crippen LogP contribution in [0.1, 0.15) is 33.2 Å². The quantitative estimate of drug-likeness (QED) is 0.511. The summed E-state index contributed by atoms with van der Waals surface area (Å²) in [7, 11) is 1.53. The first kappa shape index (κ1) is 23.5. The molecule has 0 radical (unpaired) electrons. The van der Waals surface area contributed by atoms with Crippen molar-refractivity contribution >= 4 is 23.5 Å². The molecule has 1 atom stereocenters. The van der Waals surface area contributed by atoms with Gasteiger partial charge in [0.15, 0.2) is 0 Å². The Morgan fingerprint density at radius 1 is 0.909 bits per heavy atom. The molecule has 0 aromatic heterocycles. The van der Waals surface area contributed by atoms with E-state index in [4.69, 9.17) is 9.47 Å². The zero-order valence-corrected chi connectivity index (χ0v) is 18.8. The van der Waals surface area contributed by atoms with Crippen molar-refractivity contribution in [1.82, 2.24) is 5.32 Å². The van der Waals surface area contributed by atoms with Gasteiger partial charge in [-0.3, -0.25) is 14.4 Å². The summed E-state index contributed by atoms with van der Waals surface area (Å²) in [6.07, 6.45) is -1.17. The molecule has 7 heteroatoms. The highest BCUT2D eigenvalue weighted by Gasteiger charge is 2.25. The molecule has 0 aliphatic rings. The molecule has 0 aliphatic heterocycles. The van der Waals surface area contributed by atoms with Crippen LogP contribution < -0.4 is 15.4 Å². The second-order valence-corrected chi connectivity index (χ2v) is 7.50. The van der Waals surface area contributed by atoms with Gasteiger partial charge in [0.1, 0.15) is 12.3 Å². The molecule has 0 spiro atoms. The first-order chi connectivity index (χ1) is 15.9. The van der Waals surface area contributed by atoms with Crippen molar-refractivity contribution in [2.45, 2.75) is 20.0 Å². The van der Waals surface area contributed by atoms with Gasteiger partial charge in [-0.05, 0) is 55.3 Å². The number of rotatable bonds is 8. The minimum Gasteiger partial charge on any atom is -0.497 e. The van der Waals surface area contributed by atoms with Gasteiger partial charge < -0.3 is 20.1 Å². The van der Waals surface area contributed by atoms with E-state index >= 15 is 0 Å². The zero-order chi connectivity index (χ0) is 23.8. The predicted octanol–water partition coefficient (Wildman–Crippen LogP) is 3.97. The van der Waals surface area contributed by atoms with Gasteiger partial charge in [0, 0.05) is 16.8 Å². The van der Waals surface area contributed by atoms with Crippen molar-refractivity contribution in [2.24, 2.45) is 0 Å². The number of carbonyl (C=O) groups excluding carboxylic acids is 3. The van der Waals surface area contributed by atoms with E-state index in [1.165, 1.54) is 7.11 Å². The highest BCUT2D eigenvalue weighted by Crippen LogP contribution is 2.22. The lowest BCUT2D eigenvalue weighted by atomic mass is 10.1. The van der Waals surface area contributed by atoms with Gasteiger partial charge in [-0.2, -0.15) is 0 Å².